The van der Waals surface area contributed by atoms with Crippen LogP contribution in [-0.2, 0) is 4.74 Å². The molecule has 1 aromatic rings. The van der Waals surface area contributed by atoms with Crippen LogP contribution in [0.15, 0.2) is 6.07 Å². The summed E-state index contributed by atoms with van der Waals surface area (Å²) in [6.45, 7) is 11.7. The molecule has 112 valence electrons. The van der Waals surface area contributed by atoms with Gasteiger partial charge >= 0.3 is 0 Å². The van der Waals surface area contributed by atoms with Gasteiger partial charge in [0.25, 0.3) is 0 Å². The van der Waals surface area contributed by atoms with Crippen molar-refractivity contribution in [1.29, 1.82) is 0 Å². The van der Waals surface area contributed by atoms with Gasteiger partial charge in [0.1, 0.15) is 0 Å². The Morgan fingerprint density at radius 1 is 1.45 bits per heavy atom. The minimum atomic E-state index is -0.309. The van der Waals surface area contributed by atoms with Crippen LogP contribution in [0, 0.1) is 6.92 Å². The first-order chi connectivity index (χ1) is 9.30. The summed E-state index contributed by atoms with van der Waals surface area (Å²) in [6, 6.07) is 2.03. The van der Waals surface area contributed by atoms with Gasteiger partial charge in [0.2, 0.25) is 5.95 Å². The lowest BCUT2D eigenvalue weighted by Gasteiger charge is -2.42. The molecule has 0 radical (unpaired) electrons. The molecule has 1 unspecified atom stereocenters. The zero-order valence-electron chi connectivity index (χ0n) is 13.1. The predicted molar refractivity (Wildman–Crippen MR) is 79.1 cm³/mol. The van der Waals surface area contributed by atoms with Gasteiger partial charge in [-0.15, -0.1) is 0 Å². The van der Waals surface area contributed by atoms with Crippen molar-refractivity contribution in [2.45, 2.75) is 52.2 Å². The third-order valence-corrected chi connectivity index (χ3v) is 3.42. The molecule has 0 bridgehead atoms. The van der Waals surface area contributed by atoms with Crippen LogP contribution in [-0.4, -0.2) is 46.5 Å². The normalized spacial score (nSPS) is 22.4. The molecular weight excluding hydrogens is 254 g/mol. The minimum absolute atomic E-state index is 0.0167. The quantitative estimate of drug-likeness (QED) is 0.915. The van der Waals surface area contributed by atoms with Crippen molar-refractivity contribution >= 4 is 5.95 Å². The number of rotatable bonds is 3. The van der Waals surface area contributed by atoms with Crippen LogP contribution in [0.25, 0.3) is 0 Å². The fourth-order valence-electron chi connectivity index (χ4n) is 2.56. The summed E-state index contributed by atoms with van der Waals surface area (Å²) in [5.74, 6) is 1.11. The van der Waals surface area contributed by atoms with E-state index in [0.717, 1.165) is 23.9 Å². The predicted octanol–water partition coefficient (Wildman–Crippen LogP) is 1.88. The van der Waals surface area contributed by atoms with Crippen molar-refractivity contribution in [3.05, 3.63) is 17.5 Å². The molecule has 2 heterocycles. The average Bonchev–Trinajstić information content (AvgIpc) is 2.36. The standard InChI is InChI=1S/C15H25N3O2/c1-10(2)13-6-11(3)16-14(17-13)18-7-12(8-19)20-15(4,5)9-18/h6,10,12,19H,7-9H2,1-5H3. The van der Waals surface area contributed by atoms with Gasteiger partial charge in [-0.2, -0.15) is 0 Å². The SMILES string of the molecule is Cc1cc(C(C)C)nc(N2CC(CO)OC(C)(C)C2)n1. The summed E-state index contributed by atoms with van der Waals surface area (Å²) in [4.78, 5) is 11.3. The molecule has 1 aliphatic heterocycles. The monoisotopic (exact) mass is 279 g/mol. The number of anilines is 1. The maximum Gasteiger partial charge on any atom is 0.225 e. The third kappa shape index (κ3) is 3.46. The second-order valence-electron chi connectivity index (χ2n) is 6.45. The molecule has 1 fully saturated rings. The van der Waals surface area contributed by atoms with Crippen molar-refractivity contribution in [3.63, 3.8) is 0 Å². The Hall–Kier alpha value is -1.20. The molecular formula is C15H25N3O2. The Labute approximate surface area is 121 Å². The Balaban J connectivity index is 2.30. The fourth-order valence-corrected chi connectivity index (χ4v) is 2.56. The van der Waals surface area contributed by atoms with E-state index in [9.17, 15) is 5.11 Å². The fraction of sp³-hybridized carbons (Fsp3) is 0.733. The number of hydrogen-bond acceptors (Lipinski definition) is 5. The van der Waals surface area contributed by atoms with Gasteiger partial charge in [-0.3, -0.25) is 0 Å². The molecule has 5 nitrogen and oxygen atoms in total. The smallest absolute Gasteiger partial charge is 0.225 e. The maximum absolute atomic E-state index is 9.39. The first-order valence-corrected chi connectivity index (χ1v) is 7.20. The van der Waals surface area contributed by atoms with Crippen LogP contribution >= 0.6 is 0 Å². The Morgan fingerprint density at radius 2 is 2.15 bits per heavy atom. The molecule has 0 aliphatic carbocycles. The summed E-state index contributed by atoms with van der Waals surface area (Å²) in [6.07, 6.45) is -0.189. The van der Waals surface area contributed by atoms with Crippen molar-refractivity contribution in [2.75, 3.05) is 24.6 Å². The summed E-state index contributed by atoms with van der Waals surface area (Å²) >= 11 is 0. The molecule has 0 saturated carbocycles. The number of aliphatic hydroxyl groups excluding tert-OH is 1. The number of morpholine rings is 1. The van der Waals surface area contributed by atoms with Crippen molar-refractivity contribution < 1.29 is 9.84 Å². The van der Waals surface area contributed by atoms with E-state index >= 15 is 0 Å². The highest BCUT2D eigenvalue weighted by atomic mass is 16.5. The molecule has 1 aliphatic rings. The zero-order valence-corrected chi connectivity index (χ0v) is 13.1. The molecule has 5 heteroatoms. The third-order valence-electron chi connectivity index (χ3n) is 3.42. The van der Waals surface area contributed by atoms with Gasteiger partial charge in [-0.1, -0.05) is 13.8 Å². The molecule has 1 saturated heterocycles. The lowest BCUT2D eigenvalue weighted by atomic mass is 10.1. The van der Waals surface area contributed by atoms with Crippen LogP contribution < -0.4 is 4.90 Å². The zero-order chi connectivity index (χ0) is 14.9. The molecule has 0 aromatic carbocycles. The highest BCUT2D eigenvalue weighted by Crippen LogP contribution is 2.25. The minimum Gasteiger partial charge on any atom is -0.394 e. The summed E-state index contributed by atoms with van der Waals surface area (Å²) in [7, 11) is 0. The maximum atomic E-state index is 9.39. The van der Waals surface area contributed by atoms with E-state index in [4.69, 9.17) is 4.74 Å². The molecule has 2 rings (SSSR count). The molecule has 1 atom stereocenters. The topological polar surface area (TPSA) is 58.5 Å². The lowest BCUT2D eigenvalue weighted by molar-refractivity contribution is -0.101. The van der Waals surface area contributed by atoms with E-state index in [2.05, 4.69) is 28.7 Å². The van der Waals surface area contributed by atoms with E-state index in [1.807, 2.05) is 26.8 Å². The van der Waals surface area contributed by atoms with E-state index in [1.165, 1.54) is 0 Å². The molecule has 0 amide bonds. The number of hydrogen-bond donors (Lipinski definition) is 1. The summed E-state index contributed by atoms with van der Waals surface area (Å²) in [5, 5.41) is 9.39. The number of aliphatic hydroxyl groups is 1. The van der Waals surface area contributed by atoms with Gasteiger partial charge in [0.15, 0.2) is 0 Å². The number of ether oxygens (including phenoxy) is 1. The van der Waals surface area contributed by atoms with Gasteiger partial charge in [-0.25, -0.2) is 9.97 Å². The molecule has 0 spiro atoms. The van der Waals surface area contributed by atoms with Gasteiger partial charge in [0, 0.05) is 24.5 Å². The highest BCUT2D eigenvalue weighted by Gasteiger charge is 2.34. The lowest BCUT2D eigenvalue weighted by Crippen LogP contribution is -2.54. The van der Waals surface area contributed by atoms with Crippen LogP contribution in [0.2, 0.25) is 0 Å². The van der Waals surface area contributed by atoms with E-state index in [-0.39, 0.29) is 18.3 Å². The number of aromatic nitrogens is 2. The Kier molecular flexibility index (Phi) is 4.30. The van der Waals surface area contributed by atoms with E-state index in [0.29, 0.717) is 12.5 Å². The molecule has 1 N–H and O–H groups in total. The van der Waals surface area contributed by atoms with Crippen LogP contribution in [0.5, 0.6) is 0 Å². The summed E-state index contributed by atoms with van der Waals surface area (Å²) < 4.78 is 5.84. The van der Waals surface area contributed by atoms with Gasteiger partial charge < -0.3 is 14.7 Å². The van der Waals surface area contributed by atoms with E-state index in [1.54, 1.807) is 0 Å². The molecule has 1 aromatic heterocycles. The second-order valence-corrected chi connectivity index (χ2v) is 6.45. The van der Waals surface area contributed by atoms with Crippen molar-refractivity contribution in [2.24, 2.45) is 0 Å². The van der Waals surface area contributed by atoms with E-state index < -0.39 is 0 Å². The van der Waals surface area contributed by atoms with Gasteiger partial charge in [-0.05, 0) is 32.8 Å². The first-order valence-electron chi connectivity index (χ1n) is 7.20. The number of aryl methyl sites for hydroxylation is 1. The Bertz CT molecular complexity index is 474. The second kappa shape index (κ2) is 5.66. The highest BCUT2D eigenvalue weighted by molar-refractivity contribution is 5.35. The largest absolute Gasteiger partial charge is 0.394 e. The van der Waals surface area contributed by atoms with Crippen LogP contribution in [0.1, 0.15) is 45.0 Å². The molecule has 20 heavy (non-hydrogen) atoms. The van der Waals surface area contributed by atoms with Crippen molar-refractivity contribution in [3.8, 4) is 0 Å². The summed E-state index contributed by atoms with van der Waals surface area (Å²) in [5.41, 5.74) is 1.72. The van der Waals surface area contributed by atoms with Crippen LogP contribution in [0.3, 0.4) is 0 Å². The average molecular weight is 279 g/mol. The first kappa shape index (κ1) is 15.2. The number of nitrogens with zero attached hydrogens (tertiary/aromatic N) is 3. The Morgan fingerprint density at radius 3 is 2.75 bits per heavy atom. The van der Waals surface area contributed by atoms with Crippen LogP contribution in [0.4, 0.5) is 5.95 Å². The van der Waals surface area contributed by atoms with Crippen molar-refractivity contribution in [1.82, 2.24) is 9.97 Å². The van der Waals surface area contributed by atoms with Gasteiger partial charge in [0.05, 0.1) is 18.3 Å².